The van der Waals surface area contributed by atoms with Crippen LogP contribution in [0.15, 0.2) is 46.8 Å². The average Bonchev–Trinajstić information content (AvgIpc) is 2.52. The molecular formula is C17H15F3N2O5. The number of amides is 1. The molecule has 10 heteroatoms. The summed E-state index contributed by atoms with van der Waals surface area (Å²) < 4.78 is 37.3. The van der Waals surface area contributed by atoms with Crippen molar-refractivity contribution < 1.29 is 37.8 Å². The van der Waals surface area contributed by atoms with E-state index in [0.717, 1.165) is 6.07 Å². The molecule has 1 aliphatic heterocycles. The maximum absolute atomic E-state index is 12.4. The van der Waals surface area contributed by atoms with Crippen molar-refractivity contribution in [1.82, 2.24) is 5.32 Å². The van der Waals surface area contributed by atoms with Gasteiger partial charge < -0.3 is 20.8 Å². The molecule has 0 fully saturated rings. The first kappa shape index (κ1) is 20.0. The number of benzene rings is 1. The van der Waals surface area contributed by atoms with Gasteiger partial charge in [0, 0.05) is 17.1 Å². The maximum Gasteiger partial charge on any atom is 0.471 e. The molecule has 1 heterocycles. The van der Waals surface area contributed by atoms with Crippen LogP contribution >= 0.6 is 0 Å². The van der Waals surface area contributed by atoms with Crippen molar-refractivity contribution in [2.75, 3.05) is 5.32 Å². The van der Waals surface area contributed by atoms with E-state index in [1.54, 1.807) is 5.32 Å². The van der Waals surface area contributed by atoms with Gasteiger partial charge in [0.1, 0.15) is 0 Å². The van der Waals surface area contributed by atoms with Gasteiger partial charge in [0.2, 0.25) is 0 Å². The van der Waals surface area contributed by atoms with Crippen LogP contribution in [-0.2, 0) is 14.4 Å². The van der Waals surface area contributed by atoms with E-state index >= 15 is 0 Å². The highest BCUT2D eigenvalue weighted by atomic mass is 19.4. The summed E-state index contributed by atoms with van der Waals surface area (Å²) >= 11 is 0. The number of carbonyl (C=O) groups excluding carboxylic acids is 1. The summed E-state index contributed by atoms with van der Waals surface area (Å²) in [6.45, 7) is 2.90. The second-order valence-electron chi connectivity index (χ2n) is 5.82. The summed E-state index contributed by atoms with van der Waals surface area (Å²) in [7, 11) is 0. The third-order valence-corrected chi connectivity index (χ3v) is 3.96. The van der Waals surface area contributed by atoms with Crippen molar-refractivity contribution in [1.29, 1.82) is 0 Å². The number of nitrogens with one attached hydrogen (secondary N) is 2. The summed E-state index contributed by atoms with van der Waals surface area (Å²) in [6, 6.07) is 4.98. The van der Waals surface area contributed by atoms with Crippen LogP contribution in [0.3, 0.4) is 0 Å². The molecule has 27 heavy (non-hydrogen) atoms. The standard InChI is InChI=1S/C17H15F3N2O5/c1-7-11(14(23)24)13(12(15(25)26)8(2)21-7)9-4-3-5-10(6-9)22-16(27)17(18,19)20/h3-6,13,21H,1-2H3,(H,22,27)(H,23,24)(H,25,26). The van der Waals surface area contributed by atoms with Gasteiger partial charge in [-0.15, -0.1) is 0 Å². The Balaban J connectivity index is 2.56. The molecule has 144 valence electrons. The number of hydrogen-bond acceptors (Lipinski definition) is 4. The van der Waals surface area contributed by atoms with E-state index in [1.807, 2.05) is 0 Å². The number of hydrogen-bond donors (Lipinski definition) is 4. The summed E-state index contributed by atoms with van der Waals surface area (Å²) in [5, 5.41) is 23.4. The molecule has 1 amide bonds. The van der Waals surface area contributed by atoms with Crippen molar-refractivity contribution >= 4 is 23.5 Å². The fourth-order valence-electron chi connectivity index (χ4n) is 2.89. The van der Waals surface area contributed by atoms with Gasteiger partial charge in [-0.05, 0) is 31.5 Å². The number of dihydropyridines is 1. The van der Waals surface area contributed by atoms with Crippen LogP contribution in [0, 0.1) is 0 Å². The highest BCUT2D eigenvalue weighted by Gasteiger charge is 2.39. The van der Waals surface area contributed by atoms with Crippen LogP contribution in [0.2, 0.25) is 0 Å². The van der Waals surface area contributed by atoms with Crippen LogP contribution in [-0.4, -0.2) is 34.2 Å². The first-order chi connectivity index (χ1) is 12.4. The molecule has 4 N–H and O–H groups in total. The SMILES string of the molecule is CC1=C(C(=O)O)C(c2cccc(NC(=O)C(F)(F)F)c2)C(C(=O)O)=C(C)N1. The largest absolute Gasteiger partial charge is 0.478 e. The van der Waals surface area contributed by atoms with Crippen molar-refractivity contribution in [3.63, 3.8) is 0 Å². The molecular weight excluding hydrogens is 369 g/mol. The Morgan fingerprint density at radius 3 is 2.00 bits per heavy atom. The second-order valence-corrected chi connectivity index (χ2v) is 5.82. The van der Waals surface area contributed by atoms with E-state index < -0.39 is 29.9 Å². The predicted octanol–water partition coefficient (Wildman–Crippen LogP) is 2.59. The topological polar surface area (TPSA) is 116 Å². The van der Waals surface area contributed by atoms with E-state index in [4.69, 9.17) is 0 Å². The highest BCUT2D eigenvalue weighted by Crippen LogP contribution is 2.39. The quantitative estimate of drug-likeness (QED) is 0.634. The minimum atomic E-state index is -5.10. The van der Waals surface area contributed by atoms with Crippen LogP contribution in [0.5, 0.6) is 0 Å². The van der Waals surface area contributed by atoms with Crippen molar-refractivity contribution in [3.05, 3.63) is 52.4 Å². The zero-order chi connectivity index (χ0) is 20.5. The minimum absolute atomic E-state index is 0.116. The highest BCUT2D eigenvalue weighted by molar-refractivity contribution is 5.99. The fraction of sp³-hybridized carbons (Fsp3) is 0.235. The number of halogens is 3. The molecule has 0 unspecified atom stereocenters. The summed E-state index contributed by atoms with van der Waals surface area (Å²) in [4.78, 5) is 34.5. The molecule has 2 rings (SSSR count). The summed E-state index contributed by atoms with van der Waals surface area (Å²) in [5.74, 6) is -6.17. The van der Waals surface area contributed by atoms with Gasteiger partial charge in [-0.3, -0.25) is 4.79 Å². The number of carboxylic acid groups (broad SMARTS) is 2. The number of carboxylic acids is 2. The number of alkyl halides is 3. The molecule has 0 saturated heterocycles. The van der Waals surface area contributed by atoms with Gasteiger partial charge in [0.25, 0.3) is 0 Å². The normalized spacial score (nSPS) is 15.4. The van der Waals surface area contributed by atoms with Gasteiger partial charge >= 0.3 is 24.0 Å². The first-order valence-corrected chi connectivity index (χ1v) is 7.56. The Bertz CT molecular complexity index is 851. The van der Waals surface area contributed by atoms with E-state index in [-0.39, 0.29) is 33.8 Å². The van der Waals surface area contributed by atoms with Gasteiger partial charge in [0.15, 0.2) is 0 Å². The first-order valence-electron chi connectivity index (χ1n) is 7.56. The van der Waals surface area contributed by atoms with Crippen LogP contribution in [0.4, 0.5) is 18.9 Å². The monoisotopic (exact) mass is 384 g/mol. The van der Waals surface area contributed by atoms with Gasteiger partial charge in [-0.2, -0.15) is 13.2 Å². The minimum Gasteiger partial charge on any atom is -0.478 e. The van der Waals surface area contributed by atoms with E-state index in [9.17, 15) is 37.8 Å². The molecule has 7 nitrogen and oxygen atoms in total. The van der Waals surface area contributed by atoms with E-state index in [1.165, 1.54) is 32.0 Å². The lowest BCUT2D eigenvalue weighted by Gasteiger charge is -2.29. The van der Waals surface area contributed by atoms with Crippen molar-refractivity contribution in [2.45, 2.75) is 25.9 Å². The molecule has 0 saturated carbocycles. The van der Waals surface area contributed by atoms with Crippen molar-refractivity contribution in [2.24, 2.45) is 0 Å². The summed E-state index contributed by atoms with van der Waals surface area (Å²) in [6.07, 6.45) is -5.10. The molecule has 1 aromatic rings. The third-order valence-electron chi connectivity index (χ3n) is 3.96. The Kier molecular flexibility index (Phi) is 5.29. The molecule has 0 bridgehead atoms. The van der Waals surface area contributed by atoms with Crippen molar-refractivity contribution in [3.8, 4) is 0 Å². The smallest absolute Gasteiger partial charge is 0.471 e. The van der Waals surface area contributed by atoms with Crippen LogP contribution in [0.25, 0.3) is 0 Å². The lowest BCUT2D eigenvalue weighted by atomic mass is 9.80. The molecule has 0 spiro atoms. The number of carbonyl (C=O) groups is 3. The lowest BCUT2D eigenvalue weighted by molar-refractivity contribution is -0.167. The Morgan fingerprint density at radius 1 is 1.04 bits per heavy atom. The molecule has 0 atom stereocenters. The Hall–Kier alpha value is -3.30. The zero-order valence-corrected chi connectivity index (χ0v) is 14.1. The molecule has 0 aliphatic carbocycles. The van der Waals surface area contributed by atoms with Gasteiger partial charge in [-0.25, -0.2) is 9.59 Å². The van der Waals surface area contributed by atoms with Crippen LogP contribution in [0.1, 0.15) is 25.3 Å². The zero-order valence-electron chi connectivity index (χ0n) is 14.1. The Labute approximate surface area is 151 Å². The van der Waals surface area contributed by atoms with E-state index in [2.05, 4.69) is 5.32 Å². The molecule has 1 aliphatic rings. The van der Waals surface area contributed by atoms with Gasteiger partial charge in [0.05, 0.1) is 17.1 Å². The maximum atomic E-state index is 12.4. The van der Waals surface area contributed by atoms with Crippen LogP contribution < -0.4 is 10.6 Å². The van der Waals surface area contributed by atoms with E-state index in [0.29, 0.717) is 0 Å². The number of aliphatic carboxylic acids is 2. The number of allylic oxidation sites excluding steroid dienone is 2. The predicted molar refractivity (Wildman–Crippen MR) is 87.7 cm³/mol. The lowest BCUT2D eigenvalue weighted by Crippen LogP contribution is -2.31. The summed E-state index contributed by atoms with van der Waals surface area (Å²) in [5.41, 5.74) is -0.211. The molecule has 1 aromatic carbocycles. The second kappa shape index (κ2) is 7.14. The number of rotatable bonds is 4. The Morgan fingerprint density at radius 2 is 1.56 bits per heavy atom. The average molecular weight is 384 g/mol. The number of anilines is 1. The van der Waals surface area contributed by atoms with Gasteiger partial charge in [-0.1, -0.05) is 12.1 Å². The third kappa shape index (κ3) is 4.10. The fourth-order valence-corrected chi connectivity index (χ4v) is 2.89. The molecule has 0 radical (unpaired) electrons. The molecule has 0 aromatic heterocycles.